The van der Waals surface area contributed by atoms with Crippen molar-refractivity contribution < 1.29 is 13.2 Å². The molecule has 2 rings (SSSR count). The van der Waals surface area contributed by atoms with Crippen molar-refractivity contribution >= 4 is 26.8 Å². The highest BCUT2D eigenvalue weighted by Gasteiger charge is 2.27. The molecular formula is C16H21N3O3S. The summed E-state index contributed by atoms with van der Waals surface area (Å²) in [5, 5.41) is 3.19. The third-order valence-corrected chi connectivity index (χ3v) is 5.57. The van der Waals surface area contributed by atoms with Crippen molar-refractivity contribution in [2.75, 3.05) is 19.6 Å². The molecule has 1 N–H and O–H groups in total. The number of fused-ring (bicyclic) bond motifs is 1. The molecule has 7 heteroatoms. The van der Waals surface area contributed by atoms with Gasteiger partial charge in [0.05, 0.1) is 17.0 Å². The van der Waals surface area contributed by atoms with Crippen LogP contribution in [0.15, 0.2) is 35.4 Å². The molecule has 0 aliphatic carbocycles. The van der Waals surface area contributed by atoms with E-state index in [-0.39, 0.29) is 23.9 Å². The van der Waals surface area contributed by atoms with Gasteiger partial charge in [0.2, 0.25) is 15.9 Å². The first-order valence-electron chi connectivity index (χ1n) is 7.53. The van der Waals surface area contributed by atoms with Crippen molar-refractivity contribution in [3.8, 4) is 0 Å². The van der Waals surface area contributed by atoms with E-state index < -0.39 is 10.0 Å². The topological polar surface area (TPSA) is 79.4 Å². The zero-order valence-electron chi connectivity index (χ0n) is 13.5. The van der Waals surface area contributed by atoms with Gasteiger partial charge in [-0.3, -0.25) is 9.78 Å². The molecule has 1 aromatic heterocycles. The Morgan fingerprint density at radius 2 is 2.00 bits per heavy atom. The van der Waals surface area contributed by atoms with Gasteiger partial charge in [-0.05, 0) is 37.6 Å². The minimum atomic E-state index is -3.78. The lowest BCUT2D eigenvalue weighted by molar-refractivity contribution is -0.121. The van der Waals surface area contributed by atoms with Crippen LogP contribution in [0.1, 0.15) is 19.4 Å². The Morgan fingerprint density at radius 3 is 2.65 bits per heavy atom. The maximum atomic E-state index is 12.9. The third kappa shape index (κ3) is 3.51. The largest absolute Gasteiger partial charge is 0.355 e. The molecule has 0 radical (unpaired) electrons. The van der Waals surface area contributed by atoms with E-state index in [1.165, 1.54) is 4.31 Å². The number of nitrogens with zero attached hydrogens (tertiary/aromatic N) is 2. The number of likely N-dealkylation sites (N-methyl/N-ethyl adjacent to an activating group) is 2. The molecule has 6 nitrogen and oxygen atoms in total. The Morgan fingerprint density at radius 1 is 1.26 bits per heavy atom. The van der Waals surface area contributed by atoms with Crippen LogP contribution >= 0.6 is 0 Å². The Labute approximate surface area is 136 Å². The quantitative estimate of drug-likeness (QED) is 0.871. The van der Waals surface area contributed by atoms with Gasteiger partial charge >= 0.3 is 0 Å². The molecule has 0 unspecified atom stereocenters. The Hall–Kier alpha value is -1.99. The first-order valence-corrected chi connectivity index (χ1v) is 8.97. The van der Waals surface area contributed by atoms with Crippen LogP contribution in [0.4, 0.5) is 0 Å². The average molecular weight is 335 g/mol. The Balaban J connectivity index is 2.50. The lowest BCUT2D eigenvalue weighted by Crippen LogP contribution is -2.40. The molecule has 0 saturated heterocycles. The van der Waals surface area contributed by atoms with Crippen LogP contribution in [0.2, 0.25) is 0 Å². The molecule has 124 valence electrons. The number of carbonyl (C=O) groups excluding carboxylic acids is 1. The normalized spacial score (nSPS) is 11.8. The lowest BCUT2D eigenvalue weighted by Gasteiger charge is -2.21. The van der Waals surface area contributed by atoms with E-state index in [2.05, 4.69) is 10.3 Å². The summed E-state index contributed by atoms with van der Waals surface area (Å²) in [7, 11) is -3.78. The van der Waals surface area contributed by atoms with Gasteiger partial charge in [-0.15, -0.1) is 0 Å². The van der Waals surface area contributed by atoms with Crippen molar-refractivity contribution in [3.63, 3.8) is 0 Å². The van der Waals surface area contributed by atoms with Crippen LogP contribution < -0.4 is 5.32 Å². The average Bonchev–Trinajstić information content (AvgIpc) is 2.53. The first kappa shape index (κ1) is 17.4. The lowest BCUT2D eigenvalue weighted by atomic mass is 10.1. The number of hydrogen-bond acceptors (Lipinski definition) is 4. The van der Waals surface area contributed by atoms with E-state index >= 15 is 0 Å². The fraction of sp³-hybridized carbons (Fsp3) is 0.375. The van der Waals surface area contributed by atoms with Crippen LogP contribution in [0.5, 0.6) is 0 Å². The summed E-state index contributed by atoms with van der Waals surface area (Å²) < 4.78 is 27.1. The molecule has 23 heavy (non-hydrogen) atoms. The highest BCUT2D eigenvalue weighted by atomic mass is 32.2. The SMILES string of the molecule is CCNC(=O)CN(CC)S(=O)(=O)c1ccc(C)c2ncccc12. The molecular weight excluding hydrogens is 314 g/mol. The summed E-state index contributed by atoms with van der Waals surface area (Å²) in [5.74, 6) is -0.313. The van der Waals surface area contributed by atoms with Gasteiger partial charge in [-0.25, -0.2) is 8.42 Å². The van der Waals surface area contributed by atoms with E-state index in [0.717, 1.165) is 5.56 Å². The zero-order chi connectivity index (χ0) is 17.0. The number of sulfonamides is 1. The van der Waals surface area contributed by atoms with Crippen LogP contribution in [0.3, 0.4) is 0 Å². The van der Waals surface area contributed by atoms with E-state index in [0.29, 0.717) is 17.4 Å². The van der Waals surface area contributed by atoms with Crippen molar-refractivity contribution in [1.82, 2.24) is 14.6 Å². The minimum Gasteiger partial charge on any atom is -0.355 e. The number of pyridine rings is 1. The van der Waals surface area contributed by atoms with Gasteiger partial charge in [-0.2, -0.15) is 4.31 Å². The second kappa shape index (κ2) is 7.06. The minimum absolute atomic E-state index is 0.178. The molecule has 1 aromatic carbocycles. The molecule has 1 heterocycles. The molecule has 0 spiro atoms. The Bertz CT molecular complexity index is 818. The second-order valence-corrected chi connectivity index (χ2v) is 7.07. The summed E-state index contributed by atoms with van der Waals surface area (Å²) in [6.45, 7) is 5.89. The number of hydrogen-bond donors (Lipinski definition) is 1. The van der Waals surface area contributed by atoms with Gasteiger partial charge < -0.3 is 5.32 Å². The van der Waals surface area contributed by atoms with E-state index in [9.17, 15) is 13.2 Å². The standard InChI is InChI=1S/C16H21N3O3S/c1-4-17-15(20)11-19(5-2)23(21,22)14-9-8-12(3)16-13(14)7-6-10-18-16/h6-10H,4-5,11H2,1-3H3,(H,17,20). The van der Waals surface area contributed by atoms with Crippen molar-refractivity contribution in [1.29, 1.82) is 0 Å². The molecule has 0 aliphatic rings. The van der Waals surface area contributed by atoms with Gasteiger partial charge in [0, 0.05) is 24.7 Å². The Kier molecular flexibility index (Phi) is 5.33. The maximum absolute atomic E-state index is 12.9. The van der Waals surface area contributed by atoms with E-state index in [1.54, 1.807) is 44.3 Å². The number of carbonyl (C=O) groups is 1. The number of rotatable bonds is 6. The molecule has 2 aromatic rings. The first-order chi connectivity index (χ1) is 10.9. The van der Waals surface area contributed by atoms with Gasteiger partial charge in [0.1, 0.15) is 0 Å². The highest BCUT2D eigenvalue weighted by Crippen LogP contribution is 2.26. The summed E-state index contributed by atoms with van der Waals surface area (Å²) >= 11 is 0. The van der Waals surface area contributed by atoms with E-state index in [1.807, 2.05) is 6.92 Å². The van der Waals surface area contributed by atoms with Crippen LogP contribution in [-0.4, -0.2) is 43.2 Å². The predicted molar refractivity (Wildman–Crippen MR) is 89.6 cm³/mol. The summed E-state index contributed by atoms with van der Waals surface area (Å²) in [5.41, 5.74) is 1.56. The molecule has 0 saturated carbocycles. The van der Waals surface area contributed by atoms with Crippen LogP contribution in [-0.2, 0) is 14.8 Å². The second-order valence-electron chi connectivity index (χ2n) is 5.16. The number of amides is 1. The number of aromatic nitrogens is 1. The van der Waals surface area contributed by atoms with Crippen molar-refractivity contribution in [3.05, 3.63) is 36.0 Å². The number of nitrogens with one attached hydrogen (secondary N) is 1. The fourth-order valence-corrected chi connectivity index (χ4v) is 4.02. The smallest absolute Gasteiger partial charge is 0.244 e. The van der Waals surface area contributed by atoms with Gasteiger partial charge in [0.15, 0.2) is 0 Å². The van der Waals surface area contributed by atoms with Gasteiger partial charge in [0.25, 0.3) is 0 Å². The monoisotopic (exact) mass is 335 g/mol. The molecule has 0 bridgehead atoms. The molecule has 1 amide bonds. The van der Waals surface area contributed by atoms with E-state index in [4.69, 9.17) is 0 Å². The summed E-state index contributed by atoms with van der Waals surface area (Å²) in [4.78, 5) is 16.2. The third-order valence-electron chi connectivity index (χ3n) is 3.60. The highest BCUT2D eigenvalue weighted by molar-refractivity contribution is 7.89. The maximum Gasteiger partial charge on any atom is 0.244 e. The van der Waals surface area contributed by atoms with Crippen molar-refractivity contribution in [2.24, 2.45) is 0 Å². The molecule has 0 fully saturated rings. The zero-order valence-corrected chi connectivity index (χ0v) is 14.4. The predicted octanol–water partition coefficient (Wildman–Crippen LogP) is 1.69. The van der Waals surface area contributed by atoms with Crippen LogP contribution in [0.25, 0.3) is 10.9 Å². The van der Waals surface area contributed by atoms with Crippen molar-refractivity contribution in [2.45, 2.75) is 25.7 Å². The molecule has 0 aliphatic heterocycles. The summed E-state index contributed by atoms with van der Waals surface area (Å²) in [6.07, 6.45) is 1.64. The number of aryl methyl sites for hydroxylation is 1. The van der Waals surface area contributed by atoms with Crippen LogP contribution in [0, 0.1) is 6.92 Å². The fourth-order valence-electron chi connectivity index (χ4n) is 2.43. The number of benzene rings is 1. The molecule has 0 atom stereocenters. The summed E-state index contributed by atoms with van der Waals surface area (Å²) in [6, 6.07) is 6.76. The van der Waals surface area contributed by atoms with Gasteiger partial charge in [-0.1, -0.05) is 13.0 Å².